The van der Waals surface area contributed by atoms with Gasteiger partial charge in [-0.1, -0.05) is 36.4 Å². The van der Waals surface area contributed by atoms with E-state index >= 15 is 0 Å². The lowest BCUT2D eigenvalue weighted by molar-refractivity contribution is -0.253. The average molecular weight is 528 g/mol. The zero-order valence-electron chi connectivity index (χ0n) is 21.5. The number of anilines is 1. The number of aliphatic hydroxyl groups excluding tert-OH is 1. The molecule has 0 unspecified atom stereocenters. The van der Waals surface area contributed by atoms with Crippen LogP contribution in [-0.2, 0) is 30.4 Å². The van der Waals surface area contributed by atoms with Gasteiger partial charge >= 0.3 is 0 Å². The third-order valence-corrected chi connectivity index (χ3v) is 6.81. The van der Waals surface area contributed by atoms with Gasteiger partial charge in [0.15, 0.2) is 6.29 Å². The number of rotatable bonds is 11. The number of nitrogens with one attached hydrogen (secondary N) is 2. The van der Waals surface area contributed by atoms with Crippen molar-refractivity contribution in [2.45, 2.75) is 57.2 Å². The molecule has 38 heavy (non-hydrogen) atoms. The van der Waals surface area contributed by atoms with E-state index in [-0.39, 0.29) is 37.6 Å². The molecule has 206 valence electrons. The molecule has 2 fully saturated rings. The molecule has 2 aromatic rings. The molecule has 0 saturated carbocycles. The van der Waals surface area contributed by atoms with Crippen LogP contribution in [0.15, 0.2) is 48.5 Å². The molecule has 0 aliphatic carbocycles. The monoisotopic (exact) mass is 527 g/mol. The number of unbranched alkanes of at least 4 members (excludes halogenated alkanes) is 1. The molecule has 0 bridgehead atoms. The second-order valence-electron chi connectivity index (χ2n) is 9.68. The second-order valence-corrected chi connectivity index (χ2v) is 9.68. The topological polar surface area (TPSA) is 130 Å². The largest absolute Gasteiger partial charge is 0.392 e. The summed E-state index contributed by atoms with van der Waals surface area (Å²) in [5, 5.41) is 20.9. The molecule has 2 saturated heterocycles. The summed E-state index contributed by atoms with van der Waals surface area (Å²) in [5.41, 5.74) is 4.93. The molecule has 3 atom stereocenters. The number of nitrogens with zero attached hydrogens (tertiary/aromatic N) is 1. The summed E-state index contributed by atoms with van der Waals surface area (Å²) in [4.78, 5) is 25.9. The summed E-state index contributed by atoms with van der Waals surface area (Å²) in [6.45, 7) is 3.94. The fourth-order valence-electron chi connectivity index (χ4n) is 4.72. The van der Waals surface area contributed by atoms with Crippen molar-refractivity contribution in [3.8, 4) is 0 Å². The maximum absolute atomic E-state index is 12.4. The van der Waals surface area contributed by atoms with E-state index in [9.17, 15) is 14.7 Å². The van der Waals surface area contributed by atoms with E-state index in [1.54, 1.807) is 5.48 Å². The van der Waals surface area contributed by atoms with Gasteiger partial charge in [0, 0.05) is 50.1 Å². The molecule has 10 heteroatoms. The molecule has 2 heterocycles. The Bertz CT molecular complexity index is 1040. The maximum atomic E-state index is 12.4. The first-order valence-corrected chi connectivity index (χ1v) is 13.2. The molecule has 2 aromatic carbocycles. The fraction of sp³-hybridized carbons (Fsp3) is 0.500. The minimum Gasteiger partial charge on any atom is -0.392 e. The summed E-state index contributed by atoms with van der Waals surface area (Å²) in [5.74, 6) is -0.607. The molecular formula is C28H37N3O7. The van der Waals surface area contributed by atoms with Crippen LogP contribution >= 0.6 is 0 Å². The Balaban J connectivity index is 1.42. The van der Waals surface area contributed by atoms with Gasteiger partial charge < -0.3 is 24.6 Å². The van der Waals surface area contributed by atoms with Crippen LogP contribution in [-0.4, -0.2) is 66.0 Å². The number of amides is 2. The van der Waals surface area contributed by atoms with Crippen molar-refractivity contribution in [1.82, 2.24) is 10.4 Å². The molecule has 10 nitrogen and oxygen atoms in total. The van der Waals surface area contributed by atoms with Crippen molar-refractivity contribution in [2.24, 2.45) is 0 Å². The smallest absolute Gasteiger partial charge is 0.243 e. The summed E-state index contributed by atoms with van der Waals surface area (Å²) in [7, 11) is 0. The van der Waals surface area contributed by atoms with Crippen LogP contribution in [0.1, 0.15) is 61.2 Å². The molecular weight excluding hydrogens is 490 g/mol. The van der Waals surface area contributed by atoms with Gasteiger partial charge in [-0.05, 0) is 36.1 Å². The maximum Gasteiger partial charge on any atom is 0.243 e. The van der Waals surface area contributed by atoms with Crippen LogP contribution in [0.4, 0.5) is 5.69 Å². The molecule has 0 aromatic heterocycles. The highest BCUT2D eigenvalue weighted by atomic mass is 16.7. The Morgan fingerprint density at radius 1 is 0.947 bits per heavy atom. The fourth-order valence-corrected chi connectivity index (χ4v) is 4.72. The molecule has 2 amide bonds. The predicted molar refractivity (Wildman–Crippen MR) is 139 cm³/mol. The Morgan fingerprint density at radius 3 is 2.39 bits per heavy atom. The number of hydrogen-bond acceptors (Lipinski definition) is 8. The van der Waals surface area contributed by atoms with Crippen molar-refractivity contribution < 1.29 is 34.1 Å². The molecule has 4 rings (SSSR count). The Hall–Kier alpha value is -2.86. The first-order valence-electron chi connectivity index (χ1n) is 13.2. The Morgan fingerprint density at radius 2 is 1.68 bits per heavy atom. The van der Waals surface area contributed by atoms with E-state index in [1.165, 1.54) is 0 Å². The van der Waals surface area contributed by atoms with Crippen molar-refractivity contribution in [3.05, 3.63) is 65.2 Å². The lowest BCUT2D eigenvalue weighted by Gasteiger charge is -2.39. The third kappa shape index (κ3) is 8.32. The summed E-state index contributed by atoms with van der Waals surface area (Å²) < 4.78 is 18.3. The van der Waals surface area contributed by atoms with Gasteiger partial charge in [0.2, 0.25) is 11.8 Å². The van der Waals surface area contributed by atoms with Gasteiger partial charge in [0.1, 0.15) is 0 Å². The molecule has 2 aliphatic rings. The lowest BCUT2D eigenvalue weighted by Crippen LogP contribution is -2.44. The first-order chi connectivity index (χ1) is 18.5. The van der Waals surface area contributed by atoms with Crippen LogP contribution in [0.2, 0.25) is 0 Å². The van der Waals surface area contributed by atoms with Crippen molar-refractivity contribution in [2.75, 3.05) is 38.2 Å². The number of benzene rings is 2. The molecule has 0 radical (unpaired) electrons. The zero-order chi connectivity index (χ0) is 26.7. The second kappa shape index (κ2) is 14.3. The van der Waals surface area contributed by atoms with Crippen LogP contribution < -0.4 is 10.8 Å². The number of aliphatic hydroxyl groups is 1. The Kier molecular flexibility index (Phi) is 10.6. The van der Waals surface area contributed by atoms with Crippen LogP contribution in [0.3, 0.4) is 0 Å². The van der Waals surface area contributed by atoms with Gasteiger partial charge in [0.05, 0.1) is 32.0 Å². The van der Waals surface area contributed by atoms with Crippen molar-refractivity contribution >= 4 is 17.5 Å². The highest BCUT2D eigenvalue weighted by Gasteiger charge is 2.33. The number of ether oxygens (including phenoxy) is 3. The minimum absolute atomic E-state index is 0.00625. The number of carbonyl (C=O) groups is 2. The van der Waals surface area contributed by atoms with E-state index in [2.05, 4.69) is 10.2 Å². The van der Waals surface area contributed by atoms with Crippen molar-refractivity contribution in [1.29, 1.82) is 0 Å². The Labute approximate surface area is 222 Å². The number of carbonyl (C=O) groups excluding carboxylic acids is 2. The summed E-state index contributed by atoms with van der Waals surface area (Å²) >= 11 is 0. The summed E-state index contributed by atoms with van der Waals surface area (Å²) in [6, 6.07) is 15.3. The number of hydroxylamine groups is 1. The van der Waals surface area contributed by atoms with E-state index in [4.69, 9.17) is 19.4 Å². The van der Waals surface area contributed by atoms with E-state index in [0.29, 0.717) is 24.9 Å². The van der Waals surface area contributed by atoms with E-state index in [0.717, 1.165) is 49.5 Å². The summed E-state index contributed by atoms with van der Waals surface area (Å²) in [6.07, 6.45) is 1.36. The molecule has 4 N–H and O–H groups in total. The van der Waals surface area contributed by atoms with Gasteiger partial charge in [-0.25, -0.2) is 5.48 Å². The van der Waals surface area contributed by atoms with Gasteiger partial charge in [-0.3, -0.25) is 19.7 Å². The van der Waals surface area contributed by atoms with Gasteiger partial charge in [0.25, 0.3) is 0 Å². The first kappa shape index (κ1) is 28.2. The quantitative estimate of drug-likeness (QED) is 0.199. The van der Waals surface area contributed by atoms with Gasteiger partial charge in [-0.2, -0.15) is 0 Å². The third-order valence-electron chi connectivity index (χ3n) is 6.81. The van der Waals surface area contributed by atoms with Crippen LogP contribution in [0.25, 0.3) is 0 Å². The zero-order valence-corrected chi connectivity index (χ0v) is 21.5. The van der Waals surface area contributed by atoms with Crippen LogP contribution in [0, 0.1) is 0 Å². The van der Waals surface area contributed by atoms with E-state index in [1.807, 2.05) is 48.5 Å². The molecule has 0 spiro atoms. The van der Waals surface area contributed by atoms with Crippen molar-refractivity contribution in [3.63, 3.8) is 0 Å². The SMILES string of the molecule is O=C(CCCCC(=O)Nc1cccc([C@@H]2O[C@H](CN3CCOCC3)C[C@H](c3ccc(CO)cc3)O2)c1)NO. The number of morpholine rings is 1. The predicted octanol–water partition coefficient (Wildman–Crippen LogP) is 3.06. The van der Waals surface area contributed by atoms with E-state index < -0.39 is 12.2 Å². The average Bonchev–Trinajstić information content (AvgIpc) is 2.95. The van der Waals surface area contributed by atoms with Gasteiger partial charge in [-0.15, -0.1) is 0 Å². The lowest BCUT2D eigenvalue weighted by atomic mass is 9.99. The minimum atomic E-state index is -0.605. The standard InChI is InChI=1S/C28H37N3O7/c32-19-20-8-10-21(11-9-20)25-17-24(18-31-12-14-36-15-13-31)37-28(38-25)22-4-3-5-23(16-22)29-26(33)6-1-2-7-27(34)30-35/h3-5,8-11,16,24-25,28,32,35H,1-2,6-7,12-15,17-19H2,(H,29,33)(H,30,34)/t24-,25+,28+/m0/s1. The highest BCUT2D eigenvalue weighted by Crippen LogP contribution is 2.38. The molecule has 2 aliphatic heterocycles. The highest BCUT2D eigenvalue weighted by molar-refractivity contribution is 5.90. The normalized spacial score (nSPS) is 22.1. The number of hydrogen-bond donors (Lipinski definition) is 4. The van der Waals surface area contributed by atoms with Crippen LogP contribution in [0.5, 0.6) is 0 Å².